The van der Waals surface area contributed by atoms with Crippen molar-refractivity contribution >= 4 is 11.6 Å². The fourth-order valence-corrected chi connectivity index (χ4v) is 2.31. The summed E-state index contributed by atoms with van der Waals surface area (Å²) in [5.41, 5.74) is -0.569. The van der Waals surface area contributed by atoms with E-state index in [4.69, 9.17) is 0 Å². The first-order chi connectivity index (χ1) is 9.00. The van der Waals surface area contributed by atoms with Crippen molar-refractivity contribution in [1.29, 1.82) is 0 Å². The minimum absolute atomic E-state index is 0.0328. The predicted molar refractivity (Wildman–Crippen MR) is 76.1 cm³/mol. The summed E-state index contributed by atoms with van der Waals surface area (Å²) in [5, 5.41) is 22.6. The molecule has 0 bridgehead atoms. The molecule has 19 heavy (non-hydrogen) atoms. The lowest BCUT2D eigenvalue weighted by atomic mass is 9.89. The maximum absolute atomic E-state index is 11.9. The van der Waals surface area contributed by atoms with Crippen molar-refractivity contribution in [3.8, 4) is 5.75 Å². The highest BCUT2D eigenvalue weighted by Gasteiger charge is 2.28. The van der Waals surface area contributed by atoms with E-state index >= 15 is 0 Å². The van der Waals surface area contributed by atoms with Crippen molar-refractivity contribution in [2.24, 2.45) is 0 Å². The number of phenols is 1. The standard InChI is InChI=1S/C15H23NO3/c1-3-9-15(19,10-4-2)11-14(18)16-12-7-5-6-8-13(12)17/h5-8,17,19H,3-4,9-11H2,1-2H3,(H,16,18). The van der Waals surface area contributed by atoms with Crippen LogP contribution < -0.4 is 5.32 Å². The predicted octanol–water partition coefficient (Wildman–Crippen LogP) is 3.05. The van der Waals surface area contributed by atoms with Gasteiger partial charge in [0, 0.05) is 0 Å². The quantitative estimate of drug-likeness (QED) is 0.664. The van der Waals surface area contributed by atoms with Gasteiger partial charge < -0.3 is 15.5 Å². The number of hydrogen-bond donors (Lipinski definition) is 3. The molecule has 0 aromatic heterocycles. The van der Waals surface area contributed by atoms with Crippen molar-refractivity contribution in [2.75, 3.05) is 5.32 Å². The van der Waals surface area contributed by atoms with Crippen LogP contribution in [0.5, 0.6) is 5.75 Å². The summed E-state index contributed by atoms with van der Waals surface area (Å²) >= 11 is 0. The van der Waals surface area contributed by atoms with E-state index in [2.05, 4.69) is 5.32 Å². The van der Waals surface area contributed by atoms with Crippen LogP contribution in [0.1, 0.15) is 46.0 Å². The van der Waals surface area contributed by atoms with Gasteiger partial charge in [0.2, 0.25) is 5.91 Å². The third-order valence-electron chi connectivity index (χ3n) is 3.10. The van der Waals surface area contributed by atoms with Crippen LogP contribution in [0.15, 0.2) is 24.3 Å². The minimum atomic E-state index is -0.946. The summed E-state index contributed by atoms with van der Waals surface area (Å²) < 4.78 is 0. The first-order valence-corrected chi connectivity index (χ1v) is 6.81. The number of benzene rings is 1. The lowest BCUT2D eigenvalue weighted by Crippen LogP contribution is -2.33. The van der Waals surface area contributed by atoms with Crippen molar-refractivity contribution in [3.05, 3.63) is 24.3 Å². The summed E-state index contributed by atoms with van der Waals surface area (Å²) in [6.45, 7) is 3.98. The van der Waals surface area contributed by atoms with Crippen molar-refractivity contribution in [2.45, 2.75) is 51.6 Å². The number of aliphatic hydroxyl groups is 1. The SMILES string of the molecule is CCCC(O)(CCC)CC(=O)Nc1ccccc1O. The summed E-state index contributed by atoms with van der Waals surface area (Å²) in [7, 11) is 0. The summed E-state index contributed by atoms with van der Waals surface area (Å²) in [5.74, 6) is -0.240. The molecule has 1 amide bonds. The zero-order valence-electron chi connectivity index (χ0n) is 11.6. The highest BCUT2D eigenvalue weighted by Crippen LogP contribution is 2.26. The van der Waals surface area contributed by atoms with Crippen LogP contribution in [0.4, 0.5) is 5.69 Å². The number of hydrogen-bond acceptors (Lipinski definition) is 3. The van der Waals surface area contributed by atoms with Gasteiger partial charge in [0.1, 0.15) is 5.75 Å². The molecule has 0 spiro atoms. The zero-order chi connectivity index (χ0) is 14.3. The average molecular weight is 265 g/mol. The molecule has 0 radical (unpaired) electrons. The monoisotopic (exact) mass is 265 g/mol. The molecule has 0 atom stereocenters. The molecule has 0 aliphatic rings. The maximum atomic E-state index is 11.9. The van der Waals surface area contributed by atoms with Gasteiger partial charge in [-0.15, -0.1) is 0 Å². The maximum Gasteiger partial charge on any atom is 0.227 e. The number of carbonyl (C=O) groups is 1. The number of aromatic hydroxyl groups is 1. The minimum Gasteiger partial charge on any atom is -0.506 e. The largest absolute Gasteiger partial charge is 0.506 e. The van der Waals surface area contributed by atoms with Crippen LogP contribution in [0.3, 0.4) is 0 Å². The molecule has 1 aromatic carbocycles. The molecule has 4 heteroatoms. The molecular formula is C15H23NO3. The molecule has 0 heterocycles. The lowest BCUT2D eigenvalue weighted by molar-refractivity contribution is -0.121. The third kappa shape index (κ3) is 4.91. The Kier molecular flexibility index (Phi) is 5.83. The summed E-state index contributed by atoms with van der Waals surface area (Å²) in [6, 6.07) is 6.57. The number of nitrogens with one attached hydrogen (secondary N) is 1. The number of carbonyl (C=O) groups excluding carboxylic acids is 1. The van der Waals surface area contributed by atoms with Crippen LogP contribution >= 0.6 is 0 Å². The van der Waals surface area contributed by atoms with Gasteiger partial charge in [-0.2, -0.15) is 0 Å². The normalized spacial score (nSPS) is 11.3. The van der Waals surface area contributed by atoms with E-state index in [0.29, 0.717) is 18.5 Å². The Morgan fingerprint density at radius 2 is 1.79 bits per heavy atom. The fraction of sp³-hybridized carbons (Fsp3) is 0.533. The molecule has 0 saturated carbocycles. The van der Waals surface area contributed by atoms with E-state index in [1.807, 2.05) is 13.8 Å². The molecule has 0 aliphatic heterocycles. The smallest absolute Gasteiger partial charge is 0.227 e. The van der Waals surface area contributed by atoms with Gasteiger partial charge in [0.05, 0.1) is 17.7 Å². The Labute approximate surface area is 114 Å². The highest BCUT2D eigenvalue weighted by atomic mass is 16.3. The Hall–Kier alpha value is -1.55. The summed E-state index contributed by atoms with van der Waals surface area (Å²) in [6.07, 6.45) is 2.94. The Morgan fingerprint density at radius 3 is 2.32 bits per heavy atom. The molecule has 1 aromatic rings. The summed E-state index contributed by atoms with van der Waals surface area (Å²) in [4.78, 5) is 11.9. The van der Waals surface area contributed by atoms with Gasteiger partial charge in [-0.05, 0) is 25.0 Å². The average Bonchev–Trinajstić information content (AvgIpc) is 2.32. The first-order valence-electron chi connectivity index (χ1n) is 6.81. The Balaban J connectivity index is 2.65. The van der Waals surface area contributed by atoms with Crippen LogP contribution in [0, 0.1) is 0 Å². The van der Waals surface area contributed by atoms with Gasteiger partial charge in [-0.1, -0.05) is 38.8 Å². The zero-order valence-corrected chi connectivity index (χ0v) is 11.6. The number of para-hydroxylation sites is 2. The molecule has 4 nitrogen and oxygen atoms in total. The number of anilines is 1. The van der Waals surface area contributed by atoms with Gasteiger partial charge in [0.25, 0.3) is 0 Å². The number of phenolic OH excluding ortho intramolecular Hbond substituents is 1. The molecule has 0 unspecified atom stereocenters. The van der Waals surface area contributed by atoms with E-state index in [9.17, 15) is 15.0 Å². The van der Waals surface area contributed by atoms with Crippen LogP contribution in [0.2, 0.25) is 0 Å². The van der Waals surface area contributed by atoms with Crippen LogP contribution in [0.25, 0.3) is 0 Å². The lowest BCUT2D eigenvalue weighted by Gasteiger charge is -2.26. The van der Waals surface area contributed by atoms with E-state index < -0.39 is 5.60 Å². The van der Waals surface area contributed by atoms with E-state index in [1.165, 1.54) is 6.07 Å². The Morgan fingerprint density at radius 1 is 1.21 bits per heavy atom. The van der Waals surface area contributed by atoms with E-state index in [-0.39, 0.29) is 18.1 Å². The van der Waals surface area contributed by atoms with Crippen molar-refractivity contribution in [3.63, 3.8) is 0 Å². The molecule has 0 fully saturated rings. The van der Waals surface area contributed by atoms with Gasteiger partial charge >= 0.3 is 0 Å². The van der Waals surface area contributed by atoms with Gasteiger partial charge in [-0.3, -0.25) is 4.79 Å². The fourth-order valence-electron chi connectivity index (χ4n) is 2.31. The van der Waals surface area contributed by atoms with Crippen LogP contribution in [-0.2, 0) is 4.79 Å². The Bertz CT molecular complexity index is 412. The van der Waals surface area contributed by atoms with Crippen molar-refractivity contribution < 1.29 is 15.0 Å². The number of amides is 1. The molecule has 3 N–H and O–H groups in total. The third-order valence-corrected chi connectivity index (χ3v) is 3.10. The van der Waals surface area contributed by atoms with Crippen molar-refractivity contribution in [1.82, 2.24) is 0 Å². The second kappa shape index (κ2) is 7.14. The van der Waals surface area contributed by atoms with Crippen LogP contribution in [-0.4, -0.2) is 21.7 Å². The molecule has 0 aliphatic carbocycles. The second-order valence-electron chi connectivity index (χ2n) is 4.97. The van der Waals surface area contributed by atoms with E-state index in [1.54, 1.807) is 18.2 Å². The molecule has 106 valence electrons. The highest BCUT2D eigenvalue weighted by molar-refractivity contribution is 5.92. The number of rotatable bonds is 7. The molecule has 0 saturated heterocycles. The van der Waals surface area contributed by atoms with Gasteiger partial charge in [0.15, 0.2) is 0 Å². The van der Waals surface area contributed by atoms with E-state index in [0.717, 1.165) is 12.8 Å². The second-order valence-corrected chi connectivity index (χ2v) is 4.97. The molecular weight excluding hydrogens is 242 g/mol. The first kappa shape index (κ1) is 15.5. The molecule has 1 rings (SSSR count). The topological polar surface area (TPSA) is 69.6 Å². The van der Waals surface area contributed by atoms with Gasteiger partial charge in [-0.25, -0.2) is 0 Å².